The second kappa shape index (κ2) is 9.07. The van der Waals surface area contributed by atoms with Gasteiger partial charge in [0.2, 0.25) is 5.91 Å². The summed E-state index contributed by atoms with van der Waals surface area (Å²) in [7, 11) is 0. The van der Waals surface area contributed by atoms with Gasteiger partial charge in [-0.2, -0.15) is 0 Å². The van der Waals surface area contributed by atoms with Crippen molar-refractivity contribution in [1.82, 2.24) is 9.80 Å². The molecule has 8 nitrogen and oxygen atoms in total. The maximum absolute atomic E-state index is 13.9. The average Bonchev–Trinajstić information content (AvgIpc) is 3.41. The topological polar surface area (TPSA) is 98.2 Å². The molecular weight excluding hydrogens is 437 g/mol. The van der Waals surface area contributed by atoms with Crippen molar-refractivity contribution in [1.29, 1.82) is 0 Å². The van der Waals surface area contributed by atoms with Crippen LogP contribution in [0.15, 0.2) is 41.8 Å². The Hall–Kier alpha value is -3.27. The molecule has 168 valence electrons. The molecule has 0 unspecified atom stereocenters. The van der Waals surface area contributed by atoms with E-state index < -0.39 is 35.8 Å². The van der Waals surface area contributed by atoms with Crippen molar-refractivity contribution in [3.63, 3.8) is 0 Å². The molecule has 2 atom stereocenters. The highest BCUT2D eigenvalue weighted by Crippen LogP contribution is 2.35. The van der Waals surface area contributed by atoms with Crippen LogP contribution in [0.25, 0.3) is 0 Å². The molecule has 10 heteroatoms. The predicted molar refractivity (Wildman–Crippen MR) is 115 cm³/mol. The number of anilines is 1. The van der Waals surface area contributed by atoms with Gasteiger partial charge in [-0.25, -0.2) is 14.1 Å². The van der Waals surface area contributed by atoms with Crippen LogP contribution in [-0.4, -0.2) is 57.3 Å². The van der Waals surface area contributed by atoms with Gasteiger partial charge in [-0.05, 0) is 42.5 Å². The first-order chi connectivity index (χ1) is 15.4. The van der Waals surface area contributed by atoms with Crippen LogP contribution < -0.4 is 4.90 Å². The molecule has 2 aliphatic rings. The summed E-state index contributed by atoms with van der Waals surface area (Å²) >= 11 is 1.48. The smallest absolute Gasteiger partial charge is 0.332 e. The number of urea groups is 1. The van der Waals surface area contributed by atoms with Crippen molar-refractivity contribution in [2.24, 2.45) is 0 Å². The highest BCUT2D eigenvalue weighted by molar-refractivity contribution is 7.09. The summed E-state index contributed by atoms with van der Waals surface area (Å²) < 4.78 is 13.9. The number of fused-ring (bicyclic) bond motifs is 1. The third kappa shape index (κ3) is 4.22. The molecule has 1 aromatic carbocycles. The van der Waals surface area contributed by atoms with E-state index in [0.717, 1.165) is 15.8 Å². The first-order valence-electron chi connectivity index (χ1n) is 10.3. The fraction of sp³-hybridized carbons (Fsp3) is 0.364. The van der Waals surface area contributed by atoms with E-state index in [2.05, 4.69) is 0 Å². The fourth-order valence-electron chi connectivity index (χ4n) is 4.32. The zero-order valence-corrected chi connectivity index (χ0v) is 18.0. The Labute approximate surface area is 187 Å². The number of carbonyl (C=O) groups excluding carboxylic acids is 3. The van der Waals surface area contributed by atoms with E-state index in [0.29, 0.717) is 6.42 Å². The van der Waals surface area contributed by atoms with Crippen molar-refractivity contribution in [2.45, 2.75) is 44.3 Å². The van der Waals surface area contributed by atoms with Crippen LogP contribution in [0.5, 0.6) is 0 Å². The molecule has 32 heavy (non-hydrogen) atoms. The number of imide groups is 1. The molecule has 0 saturated carbocycles. The lowest BCUT2D eigenvalue weighted by atomic mass is 10.0. The predicted octanol–water partition coefficient (Wildman–Crippen LogP) is 3.08. The molecule has 0 spiro atoms. The average molecular weight is 459 g/mol. The van der Waals surface area contributed by atoms with Gasteiger partial charge < -0.3 is 14.9 Å². The Morgan fingerprint density at radius 1 is 1.16 bits per heavy atom. The lowest BCUT2D eigenvalue weighted by Gasteiger charge is -2.43. The Morgan fingerprint density at radius 3 is 2.66 bits per heavy atom. The van der Waals surface area contributed by atoms with Crippen molar-refractivity contribution in [3.05, 3.63) is 52.5 Å². The van der Waals surface area contributed by atoms with Gasteiger partial charge in [0, 0.05) is 24.3 Å². The summed E-state index contributed by atoms with van der Waals surface area (Å²) in [6, 6.07) is 7.07. The van der Waals surface area contributed by atoms with E-state index in [1.165, 1.54) is 34.4 Å². The number of aliphatic carboxylic acids is 1. The van der Waals surface area contributed by atoms with Gasteiger partial charge in [0.05, 0.1) is 18.3 Å². The molecule has 2 aliphatic heterocycles. The van der Waals surface area contributed by atoms with E-state index in [4.69, 9.17) is 5.11 Å². The molecular formula is C22H22FN3O5S. The van der Waals surface area contributed by atoms with Crippen molar-refractivity contribution < 1.29 is 28.7 Å². The summed E-state index contributed by atoms with van der Waals surface area (Å²) in [5.74, 6) is -2.47. The molecule has 3 heterocycles. The maximum Gasteiger partial charge on any atom is 0.332 e. The highest BCUT2D eigenvalue weighted by atomic mass is 32.1. The van der Waals surface area contributed by atoms with E-state index in [9.17, 15) is 23.6 Å². The lowest BCUT2D eigenvalue weighted by molar-refractivity contribution is -0.140. The number of hydrogen-bond acceptors (Lipinski definition) is 5. The van der Waals surface area contributed by atoms with Crippen LogP contribution in [0.3, 0.4) is 0 Å². The molecule has 0 aliphatic carbocycles. The number of amides is 4. The summed E-state index contributed by atoms with van der Waals surface area (Å²) in [6.45, 7) is 0.565. The van der Waals surface area contributed by atoms with Crippen LogP contribution in [0.1, 0.15) is 30.6 Å². The van der Waals surface area contributed by atoms with Gasteiger partial charge in [0.25, 0.3) is 5.91 Å². The lowest BCUT2D eigenvalue weighted by Crippen LogP contribution is -2.65. The number of halogens is 1. The second-order valence-corrected chi connectivity index (χ2v) is 8.81. The standard InChI is InChI=1S/C22H22FN3O5S/c23-14-4-1-5-15(12-14)26-21(30)20-17(25(22(26)31)13-16-6-3-11-32-16)9-10-24(20)18(27)7-2-8-19(28)29/h1,3-6,11-12,17,20H,2,7-10,13H2,(H,28,29)/t17-,20-/m1/s1. The van der Waals surface area contributed by atoms with Gasteiger partial charge in [0.1, 0.15) is 11.9 Å². The van der Waals surface area contributed by atoms with Crippen molar-refractivity contribution >= 4 is 40.8 Å². The zero-order chi connectivity index (χ0) is 22.8. The minimum absolute atomic E-state index is 0.00162. The van der Waals surface area contributed by atoms with E-state index in [-0.39, 0.29) is 43.9 Å². The number of likely N-dealkylation sites (tertiary alicyclic amines) is 1. The number of thiophene rings is 1. The molecule has 4 amide bonds. The quantitative estimate of drug-likeness (QED) is 0.686. The van der Waals surface area contributed by atoms with Crippen LogP contribution >= 0.6 is 11.3 Å². The highest BCUT2D eigenvalue weighted by Gasteiger charge is 2.53. The van der Waals surface area contributed by atoms with E-state index in [1.54, 1.807) is 4.90 Å². The van der Waals surface area contributed by atoms with Crippen molar-refractivity contribution in [2.75, 3.05) is 11.4 Å². The van der Waals surface area contributed by atoms with Crippen LogP contribution in [0.2, 0.25) is 0 Å². The molecule has 4 rings (SSSR count). The summed E-state index contributed by atoms with van der Waals surface area (Å²) in [6.07, 6.45) is 0.471. The minimum Gasteiger partial charge on any atom is -0.481 e. The van der Waals surface area contributed by atoms with Crippen molar-refractivity contribution in [3.8, 4) is 0 Å². The molecule has 0 bridgehead atoms. The zero-order valence-electron chi connectivity index (χ0n) is 17.1. The number of hydrogen-bond donors (Lipinski definition) is 1. The van der Waals surface area contributed by atoms with Crippen LogP contribution in [-0.2, 0) is 20.9 Å². The number of carboxylic acids is 1. The van der Waals surface area contributed by atoms with Gasteiger partial charge in [0.15, 0.2) is 0 Å². The van der Waals surface area contributed by atoms with E-state index in [1.807, 2.05) is 17.5 Å². The Balaban J connectivity index is 1.65. The Bertz CT molecular complexity index is 1040. The summed E-state index contributed by atoms with van der Waals surface area (Å²) in [5, 5.41) is 10.7. The fourth-order valence-corrected chi connectivity index (χ4v) is 5.02. The molecule has 0 radical (unpaired) electrons. The number of nitrogens with zero attached hydrogens (tertiary/aromatic N) is 3. The third-order valence-electron chi connectivity index (χ3n) is 5.75. The van der Waals surface area contributed by atoms with Crippen LogP contribution in [0, 0.1) is 5.82 Å². The second-order valence-electron chi connectivity index (χ2n) is 7.78. The minimum atomic E-state index is -0.990. The molecule has 1 N–H and O–H groups in total. The number of carboxylic acid groups (broad SMARTS) is 1. The first kappa shape index (κ1) is 21.9. The molecule has 2 saturated heterocycles. The third-order valence-corrected chi connectivity index (χ3v) is 6.61. The molecule has 2 fully saturated rings. The molecule has 1 aromatic heterocycles. The van der Waals surface area contributed by atoms with Crippen LogP contribution in [0.4, 0.5) is 14.9 Å². The normalized spacial score (nSPS) is 20.6. The van der Waals surface area contributed by atoms with Gasteiger partial charge in [-0.15, -0.1) is 11.3 Å². The Morgan fingerprint density at radius 2 is 1.97 bits per heavy atom. The summed E-state index contributed by atoms with van der Waals surface area (Å²) in [5.41, 5.74) is 0.111. The first-order valence-corrected chi connectivity index (χ1v) is 11.2. The van der Waals surface area contributed by atoms with Gasteiger partial charge in [-0.3, -0.25) is 14.4 Å². The van der Waals surface area contributed by atoms with E-state index >= 15 is 0 Å². The maximum atomic E-state index is 13.9. The number of carbonyl (C=O) groups is 4. The SMILES string of the molecule is O=C(O)CCCC(=O)N1CC[C@@H]2[C@@H]1C(=O)N(c1cccc(F)c1)C(=O)N2Cc1cccs1. The summed E-state index contributed by atoms with van der Waals surface area (Å²) in [4.78, 5) is 55.3. The largest absolute Gasteiger partial charge is 0.481 e. The van der Waals surface area contributed by atoms with Gasteiger partial charge in [-0.1, -0.05) is 12.1 Å². The monoisotopic (exact) mass is 459 g/mol. The van der Waals surface area contributed by atoms with Gasteiger partial charge >= 0.3 is 12.0 Å². The number of benzene rings is 1. The molecule has 2 aromatic rings. The Kier molecular flexibility index (Phi) is 6.22. The number of rotatable bonds is 7.